The first-order valence-electron chi connectivity index (χ1n) is 8.07. The quantitative estimate of drug-likeness (QED) is 0.659. The van der Waals surface area contributed by atoms with Gasteiger partial charge in [-0.2, -0.15) is 18.9 Å². The SMILES string of the molecule is FC(F)Oc1ccccc1[C@H]1C[C@H](c2ccc(Br)cc2)Nc2ncnn21. The molecule has 1 aliphatic rings. The number of rotatable bonds is 4. The van der Waals surface area contributed by atoms with Gasteiger partial charge in [0.25, 0.3) is 0 Å². The molecule has 2 heterocycles. The van der Waals surface area contributed by atoms with E-state index < -0.39 is 6.61 Å². The molecule has 0 saturated carbocycles. The van der Waals surface area contributed by atoms with Crippen LogP contribution in [0.5, 0.6) is 5.75 Å². The van der Waals surface area contributed by atoms with Gasteiger partial charge in [0, 0.05) is 10.0 Å². The van der Waals surface area contributed by atoms with Gasteiger partial charge in [-0.3, -0.25) is 0 Å². The second kappa shape index (κ2) is 7.03. The van der Waals surface area contributed by atoms with Crippen LogP contribution in [0.15, 0.2) is 59.3 Å². The van der Waals surface area contributed by atoms with Crippen LogP contribution in [0.1, 0.15) is 29.6 Å². The van der Waals surface area contributed by atoms with Gasteiger partial charge in [0.2, 0.25) is 5.95 Å². The molecule has 1 N–H and O–H groups in total. The van der Waals surface area contributed by atoms with Crippen LogP contribution in [-0.4, -0.2) is 21.4 Å². The van der Waals surface area contributed by atoms with Gasteiger partial charge >= 0.3 is 6.61 Å². The third-order valence-electron chi connectivity index (χ3n) is 4.40. The van der Waals surface area contributed by atoms with E-state index in [1.54, 1.807) is 28.9 Å². The topological polar surface area (TPSA) is 52.0 Å². The van der Waals surface area contributed by atoms with E-state index in [1.807, 2.05) is 24.3 Å². The van der Waals surface area contributed by atoms with E-state index in [0.717, 1.165) is 10.0 Å². The first-order chi connectivity index (χ1) is 12.6. The Kier molecular flexibility index (Phi) is 4.58. The molecule has 2 aromatic carbocycles. The molecule has 0 spiro atoms. The zero-order valence-electron chi connectivity index (χ0n) is 13.5. The Morgan fingerprint density at radius 2 is 1.92 bits per heavy atom. The summed E-state index contributed by atoms with van der Waals surface area (Å²) in [4.78, 5) is 4.26. The molecule has 0 unspecified atom stereocenters. The number of hydrogen-bond acceptors (Lipinski definition) is 4. The molecular weight excluding hydrogens is 406 g/mol. The summed E-state index contributed by atoms with van der Waals surface area (Å²) in [5.41, 5.74) is 1.74. The van der Waals surface area contributed by atoms with Gasteiger partial charge < -0.3 is 10.1 Å². The highest BCUT2D eigenvalue weighted by Gasteiger charge is 2.31. The summed E-state index contributed by atoms with van der Waals surface area (Å²) >= 11 is 3.44. The summed E-state index contributed by atoms with van der Waals surface area (Å²) in [7, 11) is 0. The first kappa shape index (κ1) is 17.0. The zero-order valence-corrected chi connectivity index (χ0v) is 15.1. The number of anilines is 1. The van der Waals surface area contributed by atoms with Crippen molar-refractivity contribution in [2.75, 3.05) is 5.32 Å². The van der Waals surface area contributed by atoms with E-state index in [-0.39, 0.29) is 17.8 Å². The van der Waals surface area contributed by atoms with Gasteiger partial charge in [0.05, 0.1) is 12.1 Å². The predicted octanol–water partition coefficient (Wildman–Crippen LogP) is 4.79. The number of aromatic nitrogens is 3. The molecule has 0 amide bonds. The number of benzene rings is 2. The van der Waals surface area contributed by atoms with Crippen LogP contribution in [0.4, 0.5) is 14.7 Å². The zero-order chi connectivity index (χ0) is 18.1. The van der Waals surface area contributed by atoms with Gasteiger partial charge in [-0.15, -0.1) is 0 Å². The summed E-state index contributed by atoms with van der Waals surface area (Å²) in [6.45, 7) is -2.88. The van der Waals surface area contributed by atoms with Crippen LogP contribution in [0.2, 0.25) is 0 Å². The molecule has 3 aromatic rings. The molecule has 134 valence electrons. The number of nitrogens with one attached hydrogen (secondary N) is 1. The Labute approximate surface area is 157 Å². The van der Waals surface area contributed by atoms with Gasteiger partial charge in [-0.25, -0.2) is 4.68 Å². The van der Waals surface area contributed by atoms with E-state index >= 15 is 0 Å². The molecule has 1 aromatic heterocycles. The number of alkyl halides is 2. The highest BCUT2D eigenvalue weighted by Crippen LogP contribution is 2.40. The molecule has 0 fully saturated rings. The Morgan fingerprint density at radius 1 is 1.15 bits per heavy atom. The average molecular weight is 421 g/mol. The molecule has 26 heavy (non-hydrogen) atoms. The summed E-state index contributed by atoms with van der Waals surface area (Å²) in [5.74, 6) is 0.756. The molecule has 8 heteroatoms. The van der Waals surface area contributed by atoms with Crippen LogP contribution in [0, 0.1) is 0 Å². The number of hydrogen-bond donors (Lipinski definition) is 1. The van der Waals surface area contributed by atoms with Crippen LogP contribution < -0.4 is 10.1 Å². The van der Waals surface area contributed by atoms with Crippen molar-refractivity contribution in [2.24, 2.45) is 0 Å². The first-order valence-corrected chi connectivity index (χ1v) is 8.86. The monoisotopic (exact) mass is 420 g/mol. The Bertz CT molecular complexity index is 900. The molecule has 0 aliphatic carbocycles. The summed E-state index contributed by atoms with van der Waals surface area (Å²) in [6.07, 6.45) is 2.08. The summed E-state index contributed by atoms with van der Waals surface area (Å²) < 4.78 is 33.0. The molecule has 0 bridgehead atoms. The fraction of sp³-hybridized carbons (Fsp3) is 0.222. The van der Waals surface area contributed by atoms with Gasteiger partial charge in [0.1, 0.15) is 12.1 Å². The van der Waals surface area contributed by atoms with Crippen molar-refractivity contribution in [3.8, 4) is 5.75 Å². The highest BCUT2D eigenvalue weighted by molar-refractivity contribution is 9.10. The fourth-order valence-electron chi connectivity index (χ4n) is 3.25. The molecule has 0 radical (unpaired) electrons. The molecule has 5 nitrogen and oxygen atoms in total. The van der Waals surface area contributed by atoms with E-state index in [4.69, 9.17) is 4.74 Å². The second-order valence-corrected chi connectivity index (χ2v) is 6.86. The van der Waals surface area contributed by atoms with E-state index in [1.165, 1.54) is 6.33 Å². The average Bonchev–Trinajstić information content (AvgIpc) is 3.10. The maximum Gasteiger partial charge on any atom is 0.387 e. The van der Waals surface area contributed by atoms with Crippen molar-refractivity contribution in [3.63, 3.8) is 0 Å². The standard InChI is InChI=1S/C18H15BrF2N4O/c19-12-7-5-11(6-8-12)14-9-15(25-18(24-14)22-10-23-25)13-3-1-2-4-16(13)26-17(20)21/h1-8,10,14-15,17H,9H2,(H,22,23,24)/t14-,15-/m1/s1. The van der Waals surface area contributed by atoms with Crippen molar-refractivity contribution in [1.29, 1.82) is 0 Å². The maximum absolute atomic E-state index is 12.8. The summed E-state index contributed by atoms with van der Waals surface area (Å²) in [5, 5.41) is 7.63. The minimum Gasteiger partial charge on any atom is -0.434 e. The predicted molar refractivity (Wildman–Crippen MR) is 96.4 cm³/mol. The van der Waals surface area contributed by atoms with Crippen molar-refractivity contribution < 1.29 is 13.5 Å². The second-order valence-electron chi connectivity index (χ2n) is 5.94. The Balaban J connectivity index is 1.73. The van der Waals surface area contributed by atoms with Crippen molar-refractivity contribution in [2.45, 2.75) is 25.1 Å². The van der Waals surface area contributed by atoms with Gasteiger partial charge in [0.15, 0.2) is 0 Å². The van der Waals surface area contributed by atoms with Crippen LogP contribution in [0.3, 0.4) is 0 Å². The molecular formula is C18H15BrF2N4O. The van der Waals surface area contributed by atoms with Crippen molar-refractivity contribution >= 4 is 21.9 Å². The minimum atomic E-state index is -2.88. The van der Waals surface area contributed by atoms with E-state index in [2.05, 4.69) is 31.3 Å². The number of halogens is 3. The molecule has 4 rings (SSSR count). The lowest BCUT2D eigenvalue weighted by atomic mass is 9.93. The van der Waals surface area contributed by atoms with Gasteiger partial charge in [-0.1, -0.05) is 46.3 Å². The number of ether oxygens (including phenoxy) is 1. The largest absolute Gasteiger partial charge is 0.434 e. The van der Waals surface area contributed by atoms with Crippen LogP contribution in [-0.2, 0) is 0 Å². The van der Waals surface area contributed by atoms with E-state index in [0.29, 0.717) is 17.9 Å². The van der Waals surface area contributed by atoms with Crippen LogP contribution >= 0.6 is 15.9 Å². The molecule has 2 atom stereocenters. The fourth-order valence-corrected chi connectivity index (χ4v) is 3.52. The van der Waals surface area contributed by atoms with Crippen LogP contribution in [0.25, 0.3) is 0 Å². The number of para-hydroxylation sites is 1. The highest BCUT2D eigenvalue weighted by atomic mass is 79.9. The third kappa shape index (κ3) is 3.29. The van der Waals surface area contributed by atoms with Crippen molar-refractivity contribution in [3.05, 3.63) is 70.5 Å². The van der Waals surface area contributed by atoms with Crippen molar-refractivity contribution in [1.82, 2.24) is 14.8 Å². The number of fused-ring (bicyclic) bond motifs is 1. The Hall–Kier alpha value is -2.48. The molecule has 1 aliphatic heterocycles. The lowest BCUT2D eigenvalue weighted by molar-refractivity contribution is -0.0507. The minimum absolute atomic E-state index is 0.0237. The lowest BCUT2D eigenvalue weighted by Crippen LogP contribution is -2.28. The smallest absolute Gasteiger partial charge is 0.387 e. The normalized spacial score (nSPS) is 19.1. The number of nitrogens with zero attached hydrogens (tertiary/aromatic N) is 3. The lowest BCUT2D eigenvalue weighted by Gasteiger charge is -2.32. The third-order valence-corrected chi connectivity index (χ3v) is 4.93. The summed E-state index contributed by atoms with van der Waals surface area (Å²) in [6, 6.07) is 14.5. The van der Waals surface area contributed by atoms with E-state index in [9.17, 15) is 8.78 Å². The Morgan fingerprint density at radius 3 is 2.69 bits per heavy atom. The molecule has 0 saturated heterocycles. The maximum atomic E-state index is 12.8. The van der Waals surface area contributed by atoms with Gasteiger partial charge in [-0.05, 0) is 30.2 Å².